The number of carbonyl (C=O) groups is 3. The first-order valence-electron chi connectivity index (χ1n) is 13.4. The molecule has 3 aliphatic rings. The number of ketones is 3. The Bertz CT molecular complexity index is 1550. The minimum atomic E-state index is -2.89. The fraction of sp³-hybridized carbons (Fsp3) is 0.406. The van der Waals surface area contributed by atoms with E-state index in [1.54, 1.807) is 33.8 Å². The lowest BCUT2D eigenvalue weighted by Crippen LogP contribution is -2.73. The highest BCUT2D eigenvalue weighted by atomic mass is 16.4. The summed E-state index contributed by atoms with van der Waals surface area (Å²) in [6, 6.07) is 12.4. The van der Waals surface area contributed by atoms with Gasteiger partial charge in [-0.2, -0.15) is 0 Å². The number of carbonyl (C=O) groups excluding carboxylic acids is 3. The zero-order valence-electron chi connectivity index (χ0n) is 23.3. The number of aliphatic hydroxyl groups excluding tert-OH is 3. The van der Waals surface area contributed by atoms with Gasteiger partial charge in [-0.3, -0.25) is 14.4 Å². The van der Waals surface area contributed by atoms with Gasteiger partial charge >= 0.3 is 0 Å². The molecule has 2 aromatic rings. The molecular weight excluding hydrogens is 512 g/mol. The number of phenolic OH excluding ortho intramolecular Hbond substituents is 1. The molecule has 5 N–H and O–H groups in total. The molecule has 5 rings (SSSR count). The van der Waals surface area contributed by atoms with Gasteiger partial charge in [0.2, 0.25) is 5.78 Å². The van der Waals surface area contributed by atoms with E-state index in [-0.39, 0.29) is 11.3 Å². The molecule has 0 saturated heterocycles. The number of fused-ring (bicyclic) bond motifs is 3. The summed E-state index contributed by atoms with van der Waals surface area (Å²) in [5.41, 5.74) is -5.68. The molecule has 0 saturated carbocycles. The Hall–Kier alpha value is -3.75. The first-order valence-corrected chi connectivity index (χ1v) is 13.4. The Balaban J connectivity index is 1.86. The Morgan fingerprint density at radius 2 is 1.57 bits per heavy atom. The lowest BCUT2D eigenvalue weighted by molar-refractivity contribution is -0.211. The number of phenols is 1. The van der Waals surface area contributed by atoms with Crippen molar-refractivity contribution in [3.05, 3.63) is 76.3 Å². The largest absolute Gasteiger partial charge is 0.511 e. The lowest BCUT2D eigenvalue weighted by atomic mass is 9.41. The highest BCUT2D eigenvalue weighted by Gasteiger charge is 2.76. The first kappa shape index (κ1) is 27.8. The van der Waals surface area contributed by atoms with E-state index in [9.17, 15) is 39.9 Å². The summed E-state index contributed by atoms with van der Waals surface area (Å²) in [6.07, 6.45) is -1.66. The smallest absolute Gasteiger partial charge is 0.209 e. The molecule has 6 atom stereocenters. The maximum absolute atomic E-state index is 14.1. The number of aliphatic hydroxyl groups is 4. The number of aromatic hydroxyl groups is 1. The number of rotatable bonds is 3. The molecule has 0 heterocycles. The SMILES string of the molecule is CC(=O)C1=C(O)C(C(C)C)[C@@]2(C)[C@H](O)[C@]3(C)C(=C(O)[C@@]2(O)C1=O)C(=O)c1c(O)cc(-c2ccccc2)cc1[C@H]3C. The molecule has 0 radical (unpaired) electrons. The summed E-state index contributed by atoms with van der Waals surface area (Å²) < 4.78 is 0. The van der Waals surface area contributed by atoms with Crippen LogP contribution in [0.1, 0.15) is 63.4 Å². The summed E-state index contributed by atoms with van der Waals surface area (Å²) in [7, 11) is 0. The van der Waals surface area contributed by atoms with Crippen molar-refractivity contribution < 1.29 is 39.9 Å². The molecule has 0 aliphatic heterocycles. The zero-order chi connectivity index (χ0) is 29.7. The standard InChI is InChI=1S/C32H34O8/c1-14(2)23-25(35)21(16(4)33)27(37)32(40)28(38)24-26(36)22-19(15(3)30(24,5)29(39)31(23,32)6)12-18(13-20(22)34)17-10-8-7-9-11-17/h7-15,23,29,34-35,38-40H,1-6H3/t15-,23?,29-,30+,31+,32+/m1/s1. The summed E-state index contributed by atoms with van der Waals surface area (Å²) >= 11 is 0. The van der Waals surface area contributed by atoms with E-state index in [2.05, 4.69) is 0 Å². The van der Waals surface area contributed by atoms with Crippen LogP contribution in [0.5, 0.6) is 5.75 Å². The van der Waals surface area contributed by atoms with Crippen molar-refractivity contribution in [1.82, 2.24) is 0 Å². The van der Waals surface area contributed by atoms with E-state index in [1.165, 1.54) is 13.0 Å². The van der Waals surface area contributed by atoms with E-state index in [1.807, 2.05) is 30.3 Å². The van der Waals surface area contributed by atoms with E-state index in [4.69, 9.17) is 0 Å². The van der Waals surface area contributed by atoms with Gasteiger partial charge in [0.1, 0.15) is 22.8 Å². The summed E-state index contributed by atoms with van der Waals surface area (Å²) in [4.78, 5) is 40.4. The van der Waals surface area contributed by atoms with Gasteiger partial charge in [-0.1, -0.05) is 65.0 Å². The Morgan fingerprint density at radius 3 is 2.12 bits per heavy atom. The van der Waals surface area contributed by atoms with Crippen LogP contribution in [0.4, 0.5) is 0 Å². The maximum Gasteiger partial charge on any atom is 0.209 e. The molecule has 0 aromatic heterocycles. The van der Waals surface area contributed by atoms with Crippen LogP contribution in [0.2, 0.25) is 0 Å². The van der Waals surface area contributed by atoms with Crippen LogP contribution in [-0.2, 0) is 9.59 Å². The van der Waals surface area contributed by atoms with Crippen LogP contribution >= 0.6 is 0 Å². The van der Waals surface area contributed by atoms with E-state index >= 15 is 0 Å². The van der Waals surface area contributed by atoms with Gasteiger partial charge < -0.3 is 25.5 Å². The quantitative estimate of drug-likeness (QED) is 0.352. The third-order valence-corrected chi connectivity index (χ3v) is 9.88. The molecule has 1 unspecified atom stereocenters. The first-order chi connectivity index (χ1) is 18.6. The number of hydrogen-bond acceptors (Lipinski definition) is 8. The van der Waals surface area contributed by atoms with Crippen LogP contribution < -0.4 is 0 Å². The number of hydrogen-bond donors (Lipinski definition) is 5. The van der Waals surface area contributed by atoms with E-state index in [0.717, 1.165) is 12.5 Å². The molecule has 0 bridgehead atoms. The fourth-order valence-corrected chi connectivity index (χ4v) is 7.77. The van der Waals surface area contributed by atoms with Crippen molar-refractivity contribution in [2.75, 3.05) is 0 Å². The van der Waals surface area contributed by atoms with Crippen molar-refractivity contribution in [1.29, 1.82) is 0 Å². The second kappa shape index (κ2) is 8.62. The lowest BCUT2D eigenvalue weighted by Gasteiger charge is -2.63. The molecule has 0 spiro atoms. The normalized spacial score (nSPS) is 33.6. The molecule has 40 heavy (non-hydrogen) atoms. The van der Waals surface area contributed by atoms with Crippen LogP contribution in [0.3, 0.4) is 0 Å². The number of allylic oxidation sites excluding steroid dienone is 1. The zero-order valence-corrected chi connectivity index (χ0v) is 23.3. The fourth-order valence-electron chi connectivity index (χ4n) is 7.77. The van der Waals surface area contributed by atoms with Gasteiger partial charge in [0.25, 0.3) is 0 Å². The molecule has 0 fully saturated rings. The average Bonchev–Trinajstić information content (AvgIpc) is 2.89. The van der Waals surface area contributed by atoms with Crippen molar-refractivity contribution in [2.24, 2.45) is 22.7 Å². The molecule has 8 heteroatoms. The second-order valence-corrected chi connectivity index (χ2v) is 12.1. The van der Waals surface area contributed by atoms with Gasteiger partial charge in [-0.25, -0.2) is 0 Å². The minimum absolute atomic E-state index is 0.0977. The molecule has 3 aliphatic carbocycles. The van der Waals surface area contributed by atoms with Crippen LogP contribution in [0.25, 0.3) is 11.1 Å². The topological polar surface area (TPSA) is 152 Å². The summed E-state index contributed by atoms with van der Waals surface area (Å²) in [5, 5.41) is 58.5. The second-order valence-electron chi connectivity index (χ2n) is 12.1. The maximum atomic E-state index is 14.1. The van der Waals surface area contributed by atoms with Crippen molar-refractivity contribution in [2.45, 2.75) is 59.2 Å². The van der Waals surface area contributed by atoms with Gasteiger partial charge in [0.05, 0.1) is 17.2 Å². The summed E-state index contributed by atoms with van der Waals surface area (Å²) in [6.45, 7) is 9.20. The average molecular weight is 547 g/mol. The third-order valence-electron chi connectivity index (χ3n) is 9.88. The van der Waals surface area contributed by atoms with Crippen LogP contribution in [0, 0.1) is 22.7 Å². The number of benzene rings is 2. The van der Waals surface area contributed by atoms with Crippen molar-refractivity contribution in [3.8, 4) is 16.9 Å². The van der Waals surface area contributed by atoms with Gasteiger partial charge in [0, 0.05) is 16.7 Å². The van der Waals surface area contributed by atoms with Crippen LogP contribution in [0.15, 0.2) is 65.1 Å². The molecule has 2 aromatic carbocycles. The van der Waals surface area contributed by atoms with Crippen molar-refractivity contribution >= 4 is 17.3 Å². The third kappa shape index (κ3) is 3.06. The van der Waals surface area contributed by atoms with Gasteiger partial charge in [-0.05, 0) is 47.6 Å². The predicted molar refractivity (Wildman–Crippen MR) is 147 cm³/mol. The van der Waals surface area contributed by atoms with E-state index < -0.39 is 80.3 Å². The molecule has 0 amide bonds. The Kier molecular flexibility index (Phi) is 5.99. The Morgan fingerprint density at radius 1 is 0.975 bits per heavy atom. The Labute approximate surface area is 232 Å². The van der Waals surface area contributed by atoms with Gasteiger partial charge in [0.15, 0.2) is 17.2 Å². The molecule has 210 valence electrons. The highest BCUT2D eigenvalue weighted by Crippen LogP contribution is 2.67. The number of Topliss-reactive ketones (excluding diaryl/α,β-unsaturated/α-hetero) is 3. The van der Waals surface area contributed by atoms with Gasteiger partial charge in [-0.15, -0.1) is 0 Å². The highest BCUT2D eigenvalue weighted by molar-refractivity contribution is 6.25. The predicted octanol–water partition coefficient (Wildman–Crippen LogP) is 4.55. The molecular formula is C32H34O8. The monoisotopic (exact) mass is 546 g/mol. The van der Waals surface area contributed by atoms with Crippen LogP contribution in [-0.4, -0.2) is 54.6 Å². The minimum Gasteiger partial charge on any atom is -0.511 e. The van der Waals surface area contributed by atoms with Crippen molar-refractivity contribution in [3.63, 3.8) is 0 Å². The van der Waals surface area contributed by atoms with E-state index in [0.29, 0.717) is 11.1 Å². The molecule has 8 nitrogen and oxygen atoms in total. The summed E-state index contributed by atoms with van der Waals surface area (Å²) in [5.74, 6) is -7.14.